The normalized spacial score (nSPS) is 10.3. The fraction of sp³-hybridized carbons (Fsp3) is 0. The second-order valence-electron chi connectivity index (χ2n) is 4.66. The van der Waals surface area contributed by atoms with Crippen molar-refractivity contribution in [2.45, 2.75) is 0 Å². The molecule has 3 nitrogen and oxygen atoms in total. The van der Waals surface area contributed by atoms with E-state index in [9.17, 15) is 4.79 Å². The molecule has 3 rings (SSSR count). The Labute approximate surface area is 122 Å². The number of pyridine rings is 1. The third-order valence-electron chi connectivity index (χ3n) is 3.22. The zero-order valence-corrected chi connectivity index (χ0v) is 11.2. The van der Waals surface area contributed by atoms with Crippen molar-refractivity contribution in [1.29, 1.82) is 0 Å². The van der Waals surface area contributed by atoms with Crippen LogP contribution < -0.4 is 0 Å². The van der Waals surface area contributed by atoms with Crippen LogP contribution in [0, 0.1) is 0 Å². The Balaban J connectivity index is 2.04. The molecule has 1 heterocycles. The number of hydrogen-bond acceptors (Lipinski definition) is 2. The molecule has 0 aliphatic heterocycles. The maximum Gasteiger partial charge on any atom is 0.335 e. The summed E-state index contributed by atoms with van der Waals surface area (Å²) < 4.78 is 0. The van der Waals surface area contributed by atoms with Crippen LogP contribution in [-0.2, 0) is 0 Å². The maximum atomic E-state index is 11.1. The average Bonchev–Trinajstić information content (AvgIpc) is 2.56. The van der Waals surface area contributed by atoms with Crippen molar-refractivity contribution < 1.29 is 9.90 Å². The SMILES string of the molecule is O=C(O)c1cccc(-c2cccc(-c3ccccc3)n2)c1. The molecule has 3 aromatic rings. The minimum Gasteiger partial charge on any atom is -0.478 e. The lowest BCUT2D eigenvalue weighted by Gasteiger charge is -2.06. The molecule has 1 N–H and O–H groups in total. The molecule has 0 radical (unpaired) electrons. The summed E-state index contributed by atoms with van der Waals surface area (Å²) in [4.78, 5) is 15.7. The van der Waals surface area contributed by atoms with Gasteiger partial charge >= 0.3 is 5.97 Å². The summed E-state index contributed by atoms with van der Waals surface area (Å²) in [7, 11) is 0. The van der Waals surface area contributed by atoms with Gasteiger partial charge in [-0.2, -0.15) is 0 Å². The van der Waals surface area contributed by atoms with Crippen molar-refractivity contribution in [3.63, 3.8) is 0 Å². The van der Waals surface area contributed by atoms with Crippen LogP contribution in [0.1, 0.15) is 10.4 Å². The molecule has 3 heteroatoms. The second-order valence-corrected chi connectivity index (χ2v) is 4.66. The van der Waals surface area contributed by atoms with E-state index in [2.05, 4.69) is 4.98 Å². The smallest absolute Gasteiger partial charge is 0.335 e. The van der Waals surface area contributed by atoms with Crippen LogP contribution in [0.4, 0.5) is 0 Å². The molecular weight excluding hydrogens is 262 g/mol. The van der Waals surface area contributed by atoms with E-state index >= 15 is 0 Å². The van der Waals surface area contributed by atoms with Gasteiger partial charge in [0.2, 0.25) is 0 Å². The molecule has 0 aliphatic carbocycles. The number of carboxylic acid groups (broad SMARTS) is 1. The Bertz CT molecular complexity index is 782. The van der Waals surface area contributed by atoms with Crippen LogP contribution in [0.25, 0.3) is 22.5 Å². The Hall–Kier alpha value is -2.94. The number of aromatic carboxylic acids is 1. The molecule has 0 saturated heterocycles. The minimum atomic E-state index is -0.934. The zero-order chi connectivity index (χ0) is 14.7. The van der Waals surface area contributed by atoms with Gasteiger partial charge in [-0.05, 0) is 24.3 Å². The highest BCUT2D eigenvalue weighted by Gasteiger charge is 2.07. The van der Waals surface area contributed by atoms with Crippen LogP contribution in [0.5, 0.6) is 0 Å². The number of nitrogens with zero attached hydrogens (tertiary/aromatic N) is 1. The number of carbonyl (C=O) groups is 1. The summed E-state index contributed by atoms with van der Waals surface area (Å²) in [5, 5.41) is 9.07. The van der Waals surface area contributed by atoms with E-state index < -0.39 is 5.97 Å². The fourth-order valence-electron chi connectivity index (χ4n) is 2.18. The largest absolute Gasteiger partial charge is 0.478 e. The first-order chi connectivity index (χ1) is 10.2. The van der Waals surface area contributed by atoms with Crippen LogP contribution >= 0.6 is 0 Å². The van der Waals surface area contributed by atoms with Gasteiger partial charge < -0.3 is 5.11 Å². The molecule has 0 fully saturated rings. The molecular formula is C18H13NO2. The summed E-state index contributed by atoms with van der Waals surface area (Å²) in [5.74, 6) is -0.934. The van der Waals surface area contributed by atoms with E-state index in [0.29, 0.717) is 0 Å². The lowest BCUT2D eigenvalue weighted by atomic mass is 10.1. The van der Waals surface area contributed by atoms with Gasteiger partial charge in [0.15, 0.2) is 0 Å². The summed E-state index contributed by atoms with van der Waals surface area (Å²) in [5.41, 5.74) is 3.73. The van der Waals surface area contributed by atoms with Gasteiger partial charge in [-0.25, -0.2) is 9.78 Å². The third kappa shape index (κ3) is 2.82. The van der Waals surface area contributed by atoms with E-state index in [1.165, 1.54) is 0 Å². The van der Waals surface area contributed by atoms with Crippen molar-refractivity contribution in [2.24, 2.45) is 0 Å². The van der Waals surface area contributed by atoms with Gasteiger partial charge in [-0.15, -0.1) is 0 Å². The Morgan fingerprint density at radius 2 is 1.38 bits per heavy atom. The van der Waals surface area contributed by atoms with Crippen LogP contribution in [0.15, 0.2) is 72.8 Å². The van der Waals surface area contributed by atoms with Gasteiger partial charge in [-0.3, -0.25) is 0 Å². The Kier molecular flexibility index (Phi) is 3.48. The number of aromatic nitrogens is 1. The van der Waals surface area contributed by atoms with E-state index in [0.717, 1.165) is 22.5 Å². The topological polar surface area (TPSA) is 50.2 Å². The fourth-order valence-corrected chi connectivity index (χ4v) is 2.18. The lowest BCUT2D eigenvalue weighted by molar-refractivity contribution is 0.0697. The molecule has 0 bridgehead atoms. The molecule has 0 atom stereocenters. The molecule has 1 aromatic heterocycles. The monoisotopic (exact) mass is 275 g/mol. The molecule has 21 heavy (non-hydrogen) atoms. The van der Waals surface area contributed by atoms with E-state index in [4.69, 9.17) is 5.11 Å². The highest BCUT2D eigenvalue weighted by molar-refractivity contribution is 5.89. The highest BCUT2D eigenvalue weighted by atomic mass is 16.4. The Morgan fingerprint density at radius 3 is 2.10 bits per heavy atom. The van der Waals surface area contributed by atoms with Crippen molar-refractivity contribution in [2.75, 3.05) is 0 Å². The lowest BCUT2D eigenvalue weighted by Crippen LogP contribution is -1.96. The highest BCUT2D eigenvalue weighted by Crippen LogP contribution is 2.23. The minimum absolute atomic E-state index is 0.263. The number of rotatable bonds is 3. The van der Waals surface area contributed by atoms with Gasteiger partial charge in [-0.1, -0.05) is 48.5 Å². The van der Waals surface area contributed by atoms with E-state index in [-0.39, 0.29) is 5.56 Å². The van der Waals surface area contributed by atoms with Gasteiger partial charge in [0.05, 0.1) is 17.0 Å². The van der Waals surface area contributed by atoms with Crippen LogP contribution in [0.2, 0.25) is 0 Å². The first kappa shape index (κ1) is 13.1. The molecule has 102 valence electrons. The van der Waals surface area contributed by atoms with Crippen molar-refractivity contribution in [1.82, 2.24) is 4.98 Å². The third-order valence-corrected chi connectivity index (χ3v) is 3.22. The predicted molar refractivity (Wildman–Crippen MR) is 82.1 cm³/mol. The van der Waals surface area contributed by atoms with Crippen molar-refractivity contribution in [3.8, 4) is 22.5 Å². The zero-order valence-electron chi connectivity index (χ0n) is 11.2. The van der Waals surface area contributed by atoms with Crippen molar-refractivity contribution in [3.05, 3.63) is 78.4 Å². The predicted octanol–water partition coefficient (Wildman–Crippen LogP) is 4.11. The van der Waals surface area contributed by atoms with Crippen LogP contribution in [0.3, 0.4) is 0 Å². The number of benzene rings is 2. The molecule has 0 saturated carbocycles. The van der Waals surface area contributed by atoms with Crippen molar-refractivity contribution >= 4 is 5.97 Å². The molecule has 0 unspecified atom stereocenters. The van der Waals surface area contributed by atoms with E-state index in [1.54, 1.807) is 18.2 Å². The molecule has 0 amide bonds. The number of carboxylic acids is 1. The first-order valence-corrected chi connectivity index (χ1v) is 6.60. The van der Waals surface area contributed by atoms with E-state index in [1.807, 2.05) is 54.6 Å². The number of hydrogen-bond donors (Lipinski definition) is 1. The summed E-state index contributed by atoms with van der Waals surface area (Å²) >= 11 is 0. The quantitative estimate of drug-likeness (QED) is 0.782. The molecule has 2 aromatic carbocycles. The molecule has 0 spiro atoms. The average molecular weight is 275 g/mol. The molecule has 0 aliphatic rings. The summed E-state index contributed by atoms with van der Waals surface area (Å²) in [6.07, 6.45) is 0. The van der Waals surface area contributed by atoms with Gasteiger partial charge in [0.1, 0.15) is 0 Å². The summed E-state index contributed by atoms with van der Waals surface area (Å²) in [6.45, 7) is 0. The summed E-state index contributed by atoms with van der Waals surface area (Å²) in [6, 6.07) is 22.5. The van der Waals surface area contributed by atoms with Gasteiger partial charge in [0, 0.05) is 11.1 Å². The van der Waals surface area contributed by atoms with Crippen LogP contribution in [-0.4, -0.2) is 16.1 Å². The Morgan fingerprint density at radius 1 is 0.762 bits per heavy atom. The second kappa shape index (κ2) is 5.59. The standard InChI is InChI=1S/C18H13NO2/c20-18(21)15-9-4-8-14(12-15)17-11-5-10-16(19-17)13-6-2-1-3-7-13/h1-12H,(H,20,21). The van der Waals surface area contributed by atoms with Gasteiger partial charge in [0.25, 0.3) is 0 Å². The first-order valence-electron chi connectivity index (χ1n) is 6.60. The maximum absolute atomic E-state index is 11.1.